The SMILES string of the molecule is C[C@@H](CO)CCC[C@@H](C)[C@H]1CC[C@H]2[C@@H]3CC=C4C[C@@H](O)CC[C@]4(C)[C@H]3CC[C@]12C. The summed E-state index contributed by atoms with van der Waals surface area (Å²) >= 11 is 0. The molecule has 0 aliphatic heterocycles. The lowest BCUT2D eigenvalue weighted by atomic mass is 9.47. The predicted molar refractivity (Wildman–Crippen MR) is 120 cm³/mol. The maximum absolute atomic E-state index is 10.2. The molecule has 0 spiro atoms. The van der Waals surface area contributed by atoms with Gasteiger partial charge < -0.3 is 10.2 Å². The van der Waals surface area contributed by atoms with Gasteiger partial charge >= 0.3 is 0 Å². The summed E-state index contributed by atoms with van der Waals surface area (Å²) in [6.45, 7) is 10.2. The Morgan fingerprint density at radius 3 is 2.59 bits per heavy atom. The standard InChI is InChI=1S/C27H46O2/c1-18(17-28)6-5-7-19(2)23-10-11-24-22-9-8-20-16-21(29)12-14-26(20,3)25(22)13-15-27(23,24)4/h8,18-19,21-25,28-29H,5-7,9-17H2,1-4H3/t18-,19-,21+,22+,23-,24+,25+,26+,27-/m1/s1. The molecule has 0 aromatic carbocycles. The second kappa shape index (κ2) is 8.30. The summed E-state index contributed by atoms with van der Waals surface area (Å²) < 4.78 is 0. The minimum atomic E-state index is -0.0926. The summed E-state index contributed by atoms with van der Waals surface area (Å²) in [5, 5.41) is 19.5. The van der Waals surface area contributed by atoms with Crippen LogP contribution in [0.3, 0.4) is 0 Å². The first-order valence-corrected chi connectivity index (χ1v) is 12.8. The number of allylic oxidation sites excluding steroid dienone is 1. The molecular formula is C27H46O2. The largest absolute Gasteiger partial charge is 0.396 e. The summed E-state index contributed by atoms with van der Waals surface area (Å²) in [4.78, 5) is 0. The van der Waals surface area contributed by atoms with Crippen LogP contribution in [0.2, 0.25) is 0 Å². The summed E-state index contributed by atoms with van der Waals surface area (Å²) in [6, 6.07) is 0. The number of aliphatic hydroxyl groups excluding tert-OH is 2. The third-order valence-corrected chi connectivity index (χ3v) is 10.5. The van der Waals surface area contributed by atoms with E-state index in [0.717, 1.165) is 42.4 Å². The van der Waals surface area contributed by atoms with Crippen LogP contribution < -0.4 is 0 Å². The van der Waals surface area contributed by atoms with E-state index in [9.17, 15) is 10.2 Å². The van der Waals surface area contributed by atoms with Crippen molar-refractivity contribution >= 4 is 0 Å². The molecule has 2 nitrogen and oxygen atoms in total. The van der Waals surface area contributed by atoms with Gasteiger partial charge in [-0.25, -0.2) is 0 Å². The van der Waals surface area contributed by atoms with Gasteiger partial charge in [0, 0.05) is 6.61 Å². The van der Waals surface area contributed by atoms with Gasteiger partial charge in [-0.1, -0.05) is 52.2 Å². The Hall–Kier alpha value is -0.340. The van der Waals surface area contributed by atoms with Crippen LogP contribution in [0.4, 0.5) is 0 Å². The predicted octanol–water partition coefficient (Wildman–Crippen LogP) is 6.36. The average molecular weight is 403 g/mol. The smallest absolute Gasteiger partial charge is 0.0577 e. The van der Waals surface area contributed by atoms with Gasteiger partial charge in [0.15, 0.2) is 0 Å². The molecule has 2 N–H and O–H groups in total. The fourth-order valence-corrected chi connectivity index (χ4v) is 8.70. The topological polar surface area (TPSA) is 40.5 Å². The molecule has 0 aromatic rings. The van der Waals surface area contributed by atoms with Crippen molar-refractivity contribution in [1.29, 1.82) is 0 Å². The van der Waals surface area contributed by atoms with E-state index < -0.39 is 0 Å². The van der Waals surface area contributed by atoms with Crippen molar-refractivity contribution in [3.05, 3.63) is 11.6 Å². The first-order chi connectivity index (χ1) is 13.8. The monoisotopic (exact) mass is 402 g/mol. The van der Waals surface area contributed by atoms with Gasteiger partial charge in [0.05, 0.1) is 6.10 Å². The lowest BCUT2D eigenvalue weighted by molar-refractivity contribution is -0.0573. The number of aliphatic hydroxyl groups is 2. The van der Waals surface area contributed by atoms with Crippen LogP contribution >= 0.6 is 0 Å². The molecular weight excluding hydrogens is 356 g/mol. The van der Waals surface area contributed by atoms with Gasteiger partial charge in [-0.2, -0.15) is 0 Å². The average Bonchev–Trinajstić information content (AvgIpc) is 3.05. The second-order valence-electron chi connectivity index (χ2n) is 12.1. The molecule has 0 radical (unpaired) electrons. The third kappa shape index (κ3) is 3.75. The number of fused-ring (bicyclic) bond motifs is 5. The van der Waals surface area contributed by atoms with E-state index in [1.165, 1.54) is 57.8 Å². The Balaban J connectivity index is 1.46. The fourth-order valence-electron chi connectivity index (χ4n) is 8.70. The van der Waals surface area contributed by atoms with Gasteiger partial charge in [0.1, 0.15) is 0 Å². The summed E-state index contributed by atoms with van der Waals surface area (Å²) in [5.41, 5.74) is 2.51. The zero-order valence-electron chi connectivity index (χ0n) is 19.5. The first kappa shape index (κ1) is 21.9. The summed E-state index contributed by atoms with van der Waals surface area (Å²) in [7, 11) is 0. The van der Waals surface area contributed by atoms with Gasteiger partial charge in [0.2, 0.25) is 0 Å². The van der Waals surface area contributed by atoms with Crippen LogP contribution in [0.15, 0.2) is 11.6 Å². The minimum absolute atomic E-state index is 0.0926. The van der Waals surface area contributed by atoms with Crippen LogP contribution in [0, 0.1) is 46.3 Å². The van der Waals surface area contributed by atoms with E-state index in [4.69, 9.17) is 0 Å². The van der Waals surface area contributed by atoms with Crippen molar-refractivity contribution in [1.82, 2.24) is 0 Å². The zero-order valence-corrected chi connectivity index (χ0v) is 19.5. The third-order valence-electron chi connectivity index (χ3n) is 10.5. The van der Waals surface area contributed by atoms with Crippen molar-refractivity contribution in [3.8, 4) is 0 Å². The highest BCUT2D eigenvalue weighted by atomic mass is 16.3. The van der Waals surface area contributed by atoms with Crippen molar-refractivity contribution in [2.45, 2.75) is 104 Å². The number of hydrogen-bond acceptors (Lipinski definition) is 2. The van der Waals surface area contributed by atoms with Gasteiger partial charge in [-0.05, 0) is 104 Å². The first-order valence-electron chi connectivity index (χ1n) is 12.8. The Morgan fingerprint density at radius 1 is 1.03 bits per heavy atom. The highest BCUT2D eigenvalue weighted by Gasteiger charge is 2.59. The highest BCUT2D eigenvalue weighted by Crippen LogP contribution is 2.67. The molecule has 29 heavy (non-hydrogen) atoms. The van der Waals surface area contributed by atoms with Crippen LogP contribution in [-0.2, 0) is 0 Å². The maximum Gasteiger partial charge on any atom is 0.0577 e. The molecule has 0 aromatic heterocycles. The van der Waals surface area contributed by atoms with Gasteiger partial charge in [-0.3, -0.25) is 0 Å². The molecule has 0 amide bonds. The van der Waals surface area contributed by atoms with Gasteiger partial charge in [-0.15, -0.1) is 0 Å². The van der Waals surface area contributed by atoms with Gasteiger partial charge in [0.25, 0.3) is 0 Å². The van der Waals surface area contributed by atoms with Crippen molar-refractivity contribution in [2.75, 3.05) is 6.61 Å². The maximum atomic E-state index is 10.2. The number of hydrogen-bond donors (Lipinski definition) is 2. The molecule has 2 heteroatoms. The molecule has 9 atom stereocenters. The molecule has 3 fully saturated rings. The van der Waals surface area contributed by atoms with Crippen LogP contribution in [-0.4, -0.2) is 22.9 Å². The molecule has 0 bridgehead atoms. The molecule has 0 saturated heterocycles. The minimum Gasteiger partial charge on any atom is -0.396 e. The molecule has 0 heterocycles. The van der Waals surface area contributed by atoms with Crippen LogP contribution in [0.1, 0.15) is 98.3 Å². The van der Waals surface area contributed by atoms with E-state index in [1.54, 1.807) is 5.57 Å². The highest BCUT2D eigenvalue weighted by molar-refractivity contribution is 5.25. The van der Waals surface area contributed by atoms with E-state index >= 15 is 0 Å². The van der Waals surface area contributed by atoms with E-state index in [-0.39, 0.29) is 6.10 Å². The van der Waals surface area contributed by atoms with Crippen LogP contribution in [0.25, 0.3) is 0 Å². The molecule has 3 saturated carbocycles. The summed E-state index contributed by atoms with van der Waals surface area (Å²) in [6.07, 6.45) is 16.4. The Bertz CT molecular complexity index is 612. The Kier molecular flexibility index (Phi) is 6.26. The van der Waals surface area contributed by atoms with Crippen molar-refractivity contribution in [2.24, 2.45) is 46.3 Å². The molecule has 4 aliphatic carbocycles. The lowest BCUT2D eigenvalue weighted by Gasteiger charge is -2.58. The van der Waals surface area contributed by atoms with Crippen molar-refractivity contribution < 1.29 is 10.2 Å². The molecule has 4 aliphatic rings. The molecule has 166 valence electrons. The molecule has 4 rings (SSSR count). The Labute approximate surface area is 179 Å². The van der Waals surface area contributed by atoms with Crippen LogP contribution in [0.5, 0.6) is 0 Å². The Morgan fingerprint density at radius 2 is 1.83 bits per heavy atom. The summed E-state index contributed by atoms with van der Waals surface area (Å²) in [5.74, 6) is 4.82. The lowest BCUT2D eigenvalue weighted by Crippen LogP contribution is -2.50. The van der Waals surface area contributed by atoms with E-state index in [0.29, 0.717) is 23.4 Å². The number of rotatable bonds is 6. The fraction of sp³-hybridized carbons (Fsp3) is 0.926. The quantitative estimate of drug-likeness (QED) is 0.507. The second-order valence-corrected chi connectivity index (χ2v) is 12.1. The van der Waals surface area contributed by atoms with E-state index in [1.807, 2.05) is 0 Å². The van der Waals surface area contributed by atoms with Crippen molar-refractivity contribution in [3.63, 3.8) is 0 Å². The van der Waals surface area contributed by atoms with E-state index in [2.05, 4.69) is 33.8 Å². The zero-order chi connectivity index (χ0) is 20.8. The molecule has 0 unspecified atom stereocenters. The normalized spacial score (nSPS) is 46.3.